The smallest absolute Gasteiger partial charge is 0.242 e. The van der Waals surface area contributed by atoms with Gasteiger partial charge in [-0.3, -0.25) is 4.79 Å². The molecule has 19 heavy (non-hydrogen) atoms. The summed E-state index contributed by atoms with van der Waals surface area (Å²) in [6.45, 7) is 3.06. The Morgan fingerprint density at radius 2 is 2.11 bits per heavy atom. The van der Waals surface area contributed by atoms with Crippen molar-refractivity contribution >= 4 is 5.91 Å². The molecule has 0 heterocycles. The number of carbonyl (C=O) groups is 1. The molecular formula is C15H22N2O2. The molecule has 1 amide bonds. The van der Waals surface area contributed by atoms with E-state index in [1.165, 1.54) is 0 Å². The Morgan fingerprint density at radius 1 is 1.42 bits per heavy atom. The number of hydrogen-bond donors (Lipinski definition) is 1. The van der Waals surface area contributed by atoms with Crippen LogP contribution in [0.15, 0.2) is 24.3 Å². The first kappa shape index (κ1) is 13.9. The summed E-state index contributed by atoms with van der Waals surface area (Å²) in [5, 5.41) is 0. The zero-order chi connectivity index (χ0) is 13.9. The summed E-state index contributed by atoms with van der Waals surface area (Å²) in [5.41, 5.74) is 6.51. The lowest BCUT2D eigenvalue weighted by molar-refractivity contribution is -0.139. The fourth-order valence-electron chi connectivity index (χ4n) is 2.26. The molecule has 1 aromatic rings. The quantitative estimate of drug-likeness (QED) is 0.879. The van der Waals surface area contributed by atoms with Crippen LogP contribution in [0.1, 0.15) is 24.8 Å². The fraction of sp³-hybridized carbons (Fsp3) is 0.533. The summed E-state index contributed by atoms with van der Waals surface area (Å²) in [7, 11) is 1.79. The molecule has 4 nitrogen and oxygen atoms in total. The molecule has 0 radical (unpaired) electrons. The Balaban J connectivity index is 1.79. The Hall–Kier alpha value is -1.55. The minimum Gasteiger partial charge on any atom is -0.491 e. The van der Waals surface area contributed by atoms with Crippen molar-refractivity contribution < 1.29 is 9.53 Å². The van der Waals surface area contributed by atoms with E-state index < -0.39 is 5.54 Å². The summed E-state index contributed by atoms with van der Waals surface area (Å²) in [6.07, 6.45) is 2.65. The summed E-state index contributed by atoms with van der Waals surface area (Å²) in [5.74, 6) is 0.904. The van der Waals surface area contributed by atoms with Crippen molar-refractivity contribution in [1.29, 1.82) is 0 Å². The second-order valence-electron chi connectivity index (χ2n) is 5.35. The summed E-state index contributed by atoms with van der Waals surface area (Å²) in [4.78, 5) is 13.8. The third-order valence-corrected chi connectivity index (χ3v) is 3.80. The fourth-order valence-corrected chi connectivity index (χ4v) is 2.26. The lowest BCUT2D eigenvalue weighted by Crippen LogP contribution is -2.59. The number of rotatable bonds is 5. The van der Waals surface area contributed by atoms with Gasteiger partial charge in [-0.05, 0) is 37.8 Å². The molecule has 0 spiro atoms. The highest BCUT2D eigenvalue weighted by Crippen LogP contribution is 2.30. The van der Waals surface area contributed by atoms with Crippen LogP contribution in [0.4, 0.5) is 0 Å². The molecule has 1 saturated carbocycles. The summed E-state index contributed by atoms with van der Waals surface area (Å²) in [6, 6.07) is 7.87. The lowest BCUT2D eigenvalue weighted by atomic mass is 9.77. The maximum Gasteiger partial charge on any atom is 0.242 e. The van der Waals surface area contributed by atoms with E-state index >= 15 is 0 Å². The SMILES string of the molecule is Cc1ccccc1OCCN(C)C(=O)C1(N)CCC1. The van der Waals surface area contributed by atoms with Crippen LogP contribution in [0.3, 0.4) is 0 Å². The highest BCUT2D eigenvalue weighted by molar-refractivity contribution is 5.86. The highest BCUT2D eigenvalue weighted by Gasteiger charge is 2.41. The predicted molar refractivity (Wildman–Crippen MR) is 75.1 cm³/mol. The van der Waals surface area contributed by atoms with Gasteiger partial charge in [0.25, 0.3) is 0 Å². The van der Waals surface area contributed by atoms with Gasteiger partial charge in [0.15, 0.2) is 0 Å². The number of nitrogens with two attached hydrogens (primary N) is 1. The van der Waals surface area contributed by atoms with Gasteiger partial charge in [-0.1, -0.05) is 18.2 Å². The minimum absolute atomic E-state index is 0.0344. The standard InChI is InChI=1S/C15H22N2O2/c1-12-6-3-4-7-13(12)19-11-10-17(2)14(18)15(16)8-5-9-15/h3-4,6-7H,5,8-11,16H2,1-2H3. The predicted octanol–water partition coefficient (Wildman–Crippen LogP) is 1.71. The Morgan fingerprint density at radius 3 is 2.68 bits per heavy atom. The molecular weight excluding hydrogens is 240 g/mol. The number of hydrogen-bond acceptors (Lipinski definition) is 3. The summed E-state index contributed by atoms with van der Waals surface area (Å²) < 4.78 is 5.69. The number of benzene rings is 1. The van der Waals surface area contributed by atoms with Crippen LogP contribution < -0.4 is 10.5 Å². The largest absolute Gasteiger partial charge is 0.491 e. The van der Waals surface area contributed by atoms with Gasteiger partial charge in [0.1, 0.15) is 12.4 Å². The maximum absolute atomic E-state index is 12.1. The van der Waals surface area contributed by atoms with Crippen molar-refractivity contribution in [3.63, 3.8) is 0 Å². The molecule has 0 aliphatic heterocycles. The third kappa shape index (κ3) is 3.07. The molecule has 1 aliphatic carbocycles. The molecule has 0 unspecified atom stereocenters. The molecule has 0 atom stereocenters. The van der Waals surface area contributed by atoms with E-state index in [2.05, 4.69) is 0 Å². The third-order valence-electron chi connectivity index (χ3n) is 3.80. The first-order valence-electron chi connectivity index (χ1n) is 6.76. The van der Waals surface area contributed by atoms with Crippen LogP contribution >= 0.6 is 0 Å². The lowest BCUT2D eigenvalue weighted by Gasteiger charge is -2.39. The van der Waals surface area contributed by atoms with Crippen molar-refractivity contribution in [2.24, 2.45) is 5.73 Å². The van der Waals surface area contributed by atoms with E-state index in [4.69, 9.17) is 10.5 Å². The van der Waals surface area contributed by atoms with E-state index in [1.807, 2.05) is 31.2 Å². The van der Waals surface area contributed by atoms with Crippen molar-refractivity contribution in [1.82, 2.24) is 4.90 Å². The number of nitrogens with zero attached hydrogens (tertiary/aromatic N) is 1. The molecule has 1 aliphatic rings. The second-order valence-corrected chi connectivity index (χ2v) is 5.35. The average molecular weight is 262 g/mol. The monoisotopic (exact) mass is 262 g/mol. The molecule has 2 N–H and O–H groups in total. The van der Waals surface area contributed by atoms with Crippen molar-refractivity contribution in [3.05, 3.63) is 29.8 Å². The second kappa shape index (κ2) is 5.61. The zero-order valence-corrected chi connectivity index (χ0v) is 11.7. The molecule has 0 saturated heterocycles. The number of amides is 1. The Bertz CT molecular complexity index is 455. The van der Waals surface area contributed by atoms with E-state index in [9.17, 15) is 4.79 Å². The van der Waals surface area contributed by atoms with Crippen LogP contribution in [-0.2, 0) is 4.79 Å². The molecule has 2 rings (SSSR count). The number of carbonyl (C=O) groups excluding carboxylic acids is 1. The normalized spacial score (nSPS) is 16.6. The van der Waals surface area contributed by atoms with Crippen LogP contribution in [0.25, 0.3) is 0 Å². The van der Waals surface area contributed by atoms with Gasteiger partial charge in [0.05, 0.1) is 12.1 Å². The number of ether oxygens (including phenoxy) is 1. The van der Waals surface area contributed by atoms with E-state index in [0.717, 1.165) is 30.6 Å². The first-order valence-corrected chi connectivity index (χ1v) is 6.76. The number of aryl methyl sites for hydroxylation is 1. The molecule has 0 bridgehead atoms. The van der Waals surface area contributed by atoms with Crippen molar-refractivity contribution in [2.75, 3.05) is 20.2 Å². The van der Waals surface area contributed by atoms with E-state index in [0.29, 0.717) is 13.2 Å². The van der Waals surface area contributed by atoms with Gasteiger partial charge in [0, 0.05) is 7.05 Å². The van der Waals surface area contributed by atoms with Gasteiger partial charge in [-0.2, -0.15) is 0 Å². The zero-order valence-electron chi connectivity index (χ0n) is 11.7. The highest BCUT2D eigenvalue weighted by atomic mass is 16.5. The van der Waals surface area contributed by atoms with Crippen LogP contribution in [0.5, 0.6) is 5.75 Å². The van der Waals surface area contributed by atoms with E-state index in [1.54, 1.807) is 11.9 Å². The van der Waals surface area contributed by atoms with Gasteiger partial charge < -0.3 is 15.4 Å². The van der Waals surface area contributed by atoms with Gasteiger partial charge in [-0.15, -0.1) is 0 Å². The van der Waals surface area contributed by atoms with Gasteiger partial charge in [0.2, 0.25) is 5.91 Å². The summed E-state index contributed by atoms with van der Waals surface area (Å²) >= 11 is 0. The minimum atomic E-state index is -0.614. The van der Waals surface area contributed by atoms with Gasteiger partial charge in [-0.25, -0.2) is 0 Å². The maximum atomic E-state index is 12.1. The number of likely N-dealkylation sites (N-methyl/N-ethyl adjacent to an activating group) is 1. The number of para-hydroxylation sites is 1. The molecule has 104 valence electrons. The molecule has 1 fully saturated rings. The molecule has 0 aromatic heterocycles. The van der Waals surface area contributed by atoms with Crippen molar-refractivity contribution in [3.8, 4) is 5.75 Å². The van der Waals surface area contributed by atoms with E-state index in [-0.39, 0.29) is 5.91 Å². The molecule has 4 heteroatoms. The topological polar surface area (TPSA) is 55.6 Å². The Labute approximate surface area is 114 Å². The average Bonchev–Trinajstić information content (AvgIpc) is 2.37. The molecule has 1 aromatic carbocycles. The van der Waals surface area contributed by atoms with Crippen molar-refractivity contribution in [2.45, 2.75) is 31.7 Å². The van der Waals surface area contributed by atoms with Crippen LogP contribution in [0.2, 0.25) is 0 Å². The van der Waals surface area contributed by atoms with Crippen LogP contribution in [-0.4, -0.2) is 36.5 Å². The Kier molecular flexibility index (Phi) is 4.10. The van der Waals surface area contributed by atoms with Crippen LogP contribution in [0, 0.1) is 6.92 Å². The van der Waals surface area contributed by atoms with Gasteiger partial charge >= 0.3 is 0 Å². The first-order chi connectivity index (χ1) is 9.03.